The average Bonchev–Trinajstić information content (AvgIpc) is 2.44. The number of aliphatic hydroxyl groups excluding tert-OH is 1. The molecule has 0 saturated carbocycles. The molecule has 1 aromatic rings. The third-order valence-corrected chi connectivity index (χ3v) is 2.69. The summed E-state index contributed by atoms with van der Waals surface area (Å²) in [6.07, 6.45) is 3.87. The molecule has 19 heavy (non-hydrogen) atoms. The number of amides is 1. The first-order valence-electron chi connectivity index (χ1n) is 6.52. The Morgan fingerprint density at radius 2 is 2.16 bits per heavy atom. The highest BCUT2D eigenvalue weighted by Crippen LogP contribution is 2.19. The van der Waals surface area contributed by atoms with Gasteiger partial charge in [0.25, 0.3) is 0 Å². The van der Waals surface area contributed by atoms with Crippen molar-refractivity contribution in [2.45, 2.75) is 26.3 Å². The van der Waals surface area contributed by atoms with E-state index in [4.69, 9.17) is 9.84 Å². The Hall–Kier alpha value is -1.81. The Morgan fingerprint density at radius 3 is 2.79 bits per heavy atom. The average molecular weight is 263 g/mol. The van der Waals surface area contributed by atoms with Crippen LogP contribution in [0.2, 0.25) is 0 Å². The molecule has 4 nitrogen and oxygen atoms in total. The summed E-state index contributed by atoms with van der Waals surface area (Å²) in [4.78, 5) is 11.7. The monoisotopic (exact) mass is 263 g/mol. The van der Waals surface area contributed by atoms with Gasteiger partial charge in [-0.25, -0.2) is 0 Å². The molecule has 1 atom stereocenters. The van der Waals surface area contributed by atoms with Gasteiger partial charge in [-0.3, -0.25) is 4.79 Å². The van der Waals surface area contributed by atoms with Crippen molar-refractivity contribution in [3.8, 4) is 5.75 Å². The zero-order chi connectivity index (χ0) is 14.1. The van der Waals surface area contributed by atoms with Crippen molar-refractivity contribution < 1.29 is 14.6 Å². The van der Waals surface area contributed by atoms with Crippen molar-refractivity contribution in [3.63, 3.8) is 0 Å². The third kappa shape index (κ3) is 5.14. The minimum Gasteiger partial charge on any atom is -0.493 e. The number of para-hydroxylation sites is 1. The predicted molar refractivity (Wildman–Crippen MR) is 76.0 cm³/mol. The number of nitrogens with one attached hydrogen (secondary N) is 1. The number of rotatable bonds is 7. The highest BCUT2D eigenvalue weighted by Gasteiger charge is 2.06. The first kappa shape index (κ1) is 15.2. The van der Waals surface area contributed by atoms with E-state index < -0.39 is 0 Å². The second kappa shape index (κ2) is 8.32. The van der Waals surface area contributed by atoms with Crippen LogP contribution in [0, 0.1) is 0 Å². The molecule has 2 N–H and O–H groups in total. The smallest absolute Gasteiger partial charge is 0.244 e. The SMILES string of the molecule is CCOc1ccccc1/C=C/C(=O)N[C@H](CC)CO. The molecule has 0 spiro atoms. The van der Waals surface area contributed by atoms with Crippen molar-refractivity contribution in [1.82, 2.24) is 5.32 Å². The number of benzene rings is 1. The molecule has 0 radical (unpaired) electrons. The van der Waals surface area contributed by atoms with E-state index in [0.717, 1.165) is 11.3 Å². The van der Waals surface area contributed by atoms with Gasteiger partial charge in [0.1, 0.15) is 5.75 Å². The molecular weight excluding hydrogens is 242 g/mol. The fourth-order valence-electron chi connectivity index (χ4n) is 1.60. The maximum Gasteiger partial charge on any atom is 0.244 e. The number of carbonyl (C=O) groups excluding carboxylic acids is 1. The number of hydrogen-bond acceptors (Lipinski definition) is 3. The van der Waals surface area contributed by atoms with Gasteiger partial charge in [-0.05, 0) is 25.5 Å². The van der Waals surface area contributed by atoms with Crippen LogP contribution in [0.25, 0.3) is 6.08 Å². The van der Waals surface area contributed by atoms with E-state index in [-0.39, 0.29) is 18.6 Å². The molecule has 4 heteroatoms. The van der Waals surface area contributed by atoms with Crippen molar-refractivity contribution in [2.75, 3.05) is 13.2 Å². The van der Waals surface area contributed by atoms with Crippen molar-refractivity contribution >= 4 is 12.0 Å². The lowest BCUT2D eigenvalue weighted by Gasteiger charge is -2.12. The molecule has 0 fully saturated rings. The van der Waals surface area contributed by atoms with Gasteiger partial charge in [-0.2, -0.15) is 0 Å². The van der Waals surface area contributed by atoms with Crippen molar-refractivity contribution in [1.29, 1.82) is 0 Å². The lowest BCUT2D eigenvalue weighted by Crippen LogP contribution is -2.35. The number of hydrogen-bond donors (Lipinski definition) is 2. The van der Waals surface area contributed by atoms with E-state index in [1.807, 2.05) is 38.1 Å². The Bertz CT molecular complexity index is 425. The molecular formula is C15H21NO3. The van der Waals surface area contributed by atoms with Gasteiger partial charge in [-0.15, -0.1) is 0 Å². The normalized spacial score (nSPS) is 12.4. The van der Waals surface area contributed by atoms with E-state index in [1.54, 1.807) is 6.08 Å². The van der Waals surface area contributed by atoms with Gasteiger partial charge in [0.15, 0.2) is 0 Å². The summed E-state index contributed by atoms with van der Waals surface area (Å²) in [6.45, 7) is 4.36. The minimum atomic E-state index is -0.216. The number of aliphatic hydroxyl groups is 1. The third-order valence-electron chi connectivity index (χ3n) is 2.69. The molecule has 0 aliphatic carbocycles. The van der Waals surface area contributed by atoms with Crippen LogP contribution in [0.4, 0.5) is 0 Å². The molecule has 1 amide bonds. The molecule has 0 unspecified atom stereocenters. The van der Waals surface area contributed by atoms with Crippen LogP contribution in [0.3, 0.4) is 0 Å². The van der Waals surface area contributed by atoms with Crippen LogP contribution < -0.4 is 10.1 Å². The topological polar surface area (TPSA) is 58.6 Å². The van der Waals surface area contributed by atoms with Gasteiger partial charge < -0.3 is 15.2 Å². The van der Waals surface area contributed by atoms with Crippen LogP contribution in [0.1, 0.15) is 25.8 Å². The van der Waals surface area contributed by atoms with E-state index in [9.17, 15) is 4.79 Å². The molecule has 0 aliphatic rings. The maximum atomic E-state index is 11.7. The fraction of sp³-hybridized carbons (Fsp3) is 0.400. The lowest BCUT2D eigenvalue weighted by molar-refractivity contribution is -0.117. The van der Waals surface area contributed by atoms with E-state index >= 15 is 0 Å². The summed E-state index contributed by atoms with van der Waals surface area (Å²) in [5, 5.41) is 11.7. The predicted octanol–water partition coefficient (Wildman–Crippen LogP) is 1.99. The molecule has 104 valence electrons. The Labute approximate surface area is 114 Å². The Morgan fingerprint density at radius 1 is 1.42 bits per heavy atom. The number of carbonyl (C=O) groups is 1. The zero-order valence-corrected chi connectivity index (χ0v) is 11.4. The molecule has 0 bridgehead atoms. The lowest BCUT2D eigenvalue weighted by atomic mass is 10.2. The van der Waals surface area contributed by atoms with Crippen molar-refractivity contribution in [3.05, 3.63) is 35.9 Å². The molecule has 1 rings (SSSR count). The minimum absolute atomic E-state index is 0.0500. The van der Waals surface area contributed by atoms with Crippen LogP contribution >= 0.6 is 0 Å². The van der Waals surface area contributed by atoms with Crippen LogP contribution in [-0.2, 0) is 4.79 Å². The Kier molecular flexibility index (Phi) is 6.68. The summed E-state index contributed by atoms with van der Waals surface area (Å²) in [5.41, 5.74) is 0.858. The standard InChI is InChI=1S/C15H21NO3/c1-3-13(11-17)16-15(18)10-9-12-7-5-6-8-14(12)19-4-2/h5-10,13,17H,3-4,11H2,1-2H3,(H,16,18)/b10-9+/t13-/m1/s1. The summed E-state index contributed by atoms with van der Waals surface area (Å²) in [5.74, 6) is 0.537. The molecule has 0 heterocycles. The zero-order valence-electron chi connectivity index (χ0n) is 11.4. The van der Waals surface area contributed by atoms with Gasteiger partial charge in [0.05, 0.1) is 19.3 Å². The van der Waals surface area contributed by atoms with Gasteiger partial charge in [0, 0.05) is 11.6 Å². The summed E-state index contributed by atoms with van der Waals surface area (Å²) < 4.78 is 5.47. The second-order valence-corrected chi connectivity index (χ2v) is 4.10. The van der Waals surface area contributed by atoms with Crippen molar-refractivity contribution in [2.24, 2.45) is 0 Å². The summed E-state index contributed by atoms with van der Waals surface area (Å²) in [6, 6.07) is 7.34. The number of ether oxygens (including phenoxy) is 1. The quantitative estimate of drug-likeness (QED) is 0.740. The molecule has 1 aromatic carbocycles. The summed E-state index contributed by atoms with van der Waals surface area (Å²) >= 11 is 0. The highest BCUT2D eigenvalue weighted by molar-refractivity contribution is 5.92. The highest BCUT2D eigenvalue weighted by atomic mass is 16.5. The maximum absolute atomic E-state index is 11.7. The van der Waals surface area contributed by atoms with E-state index in [2.05, 4.69) is 5.32 Å². The van der Waals surface area contributed by atoms with Crippen LogP contribution in [0.15, 0.2) is 30.3 Å². The first-order valence-corrected chi connectivity index (χ1v) is 6.52. The largest absolute Gasteiger partial charge is 0.493 e. The molecule has 0 aromatic heterocycles. The van der Waals surface area contributed by atoms with Gasteiger partial charge in [-0.1, -0.05) is 25.1 Å². The van der Waals surface area contributed by atoms with E-state index in [1.165, 1.54) is 6.08 Å². The van der Waals surface area contributed by atoms with Crippen LogP contribution in [-0.4, -0.2) is 30.3 Å². The first-order chi connectivity index (χ1) is 9.21. The fourth-order valence-corrected chi connectivity index (χ4v) is 1.60. The molecule has 0 saturated heterocycles. The second-order valence-electron chi connectivity index (χ2n) is 4.10. The van der Waals surface area contributed by atoms with Gasteiger partial charge in [0.2, 0.25) is 5.91 Å². The molecule has 0 aliphatic heterocycles. The Balaban J connectivity index is 2.68. The van der Waals surface area contributed by atoms with Crippen LogP contribution in [0.5, 0.6) is 5.75 Å². The van der Waals surface area contributed by atoms with Gasteiger partial charge >= 0.3 is 0 Å². The van der Waals surface area contributed by atoms with E-state index in [0.29, 0.717) is 13.0 Å². The summed E-state index contributed by atoms with van der Waals surface area (Å²) in [7, 11) is 0.